The van der Waals surface area contributed by atoms with Crippen LogP contribution in [0.4, 0.5) is 39.5 Å². The summed E-state index contributed by atoms with van der Waals surface area (Å²) in [6.07, 6.45) is -15.6. The summed E-state index contributed by atoms with van der Waals surface area (Å²) in [6, 6.07) is 0. The number of carboxylic acids is 3. The Hall–Kier alpha value is -0.895. The Balaban J connectivity index is -0.000000108. The van der Waals surface area contributed by atoms with Crippen LogP contribution < -0.4 is 15.3 Å². The monoisotopic (exact) mass is 497 g/mol. The zero-order valence-electron chi connectivity index (χ0n) is 9.20. The molecule has 0 fully saturated rings. The summed E-state index contributed by atoms with van der Waals surface area (Å²) in [5.74, 6) is -9.02. The molecule has 0 aliphatic rings. The average Bonchev–Trinajstić information content (AvgIpc) is 2.14. The first kappa shape index (κ1) is 29.2. The second-order valence-electron chi connectivity index (χ2n) is 2.36. The predicted octanol–water partition coefficient (Wildman–Crippen LogP) is -2.10. The fourth-order valence-corrected chi connectivity index (χ4v) is 0. The van der Waals surface area contributed by atoms with Gasteiger partial charge < -0.3 is 29.7 Å². The van der Waals surface area contributed by atoms with Gasteiger partial charge in [0.15, 0.2) is 0 Å². The van der Waals surface area contributed by atoms with E-state index >= 15 is 0 Å². The number of carbonyl (C=O) groups excluding carboxylic acids is 3. The summed E-state index contributed by atoms with van der Waals surface area (Å²) >= 11 is 0. The van der Waals surface area contributed by atoms with Crippen LogP contribution in [0.5, 0.6) is 0 Å². The van der Waals surface area contributed by atoms with Gasteiger partial charge in [0, 0.05) is 0 Å². The third-order valence-electron chi connectivity index (χ3n) is 0.694. The maximum absolute atomic E-state index is 10.5. The van der Waals surface area contributed by atoms with E-state index in [0.29, 0.717) is 0 Å². The molecule has 22 heavy (non-hydrogen) atoms. The largest absolute Gasteiger partial charge is 3.00 e. The van der Waals surface area contributed by atoms with E-state index in [-0.39, 0.29) is 39.9 Å². The molecule has 0 aromatic carbocycles. The standard InChI is InChI=1S/3C2HF3O2.Gd/c3*3-2(4,5)1(6)7;/h3*(H,6,7);/q;;;+3/p-3. The second-order valence-corrected chi connectivity index (χ2v) is 2.36. The number of halogens is 9. The molecule has 0 saturated heterocycles. The van der Waals surface area contributed by atoms with Crippen molar-refractivity contribution in [2.45, 2.75) is 18.5 Å². The minimum Gasteiger partial charge on any atom is -0.542 e. The molecule has 0 aromatic heterocycles. The first-order valence-electron chi connectivity index (χ1n) is 3.68. The van der Waals surface area contributed by atoms with Gasteiger partial charge in [0.2, 0.25) is 0 Å². The van der Waals surface area contributed by atoms with Gasteiger partial charge in [-0.25, -0.2) is 0 Å². The Bertz CT molecular complexity index is 313. The molecule has 131 valence electrons. The molecule has 0 heterocycles. The van der Waals surface area contributed by atoms with Gasteiger partial charge in [-0.15, -0.1) is 0 Å². The fourth-order valence-electron chi connectivity index (χ4n) is 0. The molecule has 0 spiro atoms. The Morgan fingerprint density at radius 3 is 0.545 bits per heavy atom. The zero-order chi connectivity index (χ0) is 18.2. The first-order valence-corrected chi connectivity index (χ1v) is 3.68. The Morgan fingerprint density at radius 2 is 0.545 bits per heavy atom. The van der Waals surface area contributed by atoms with Crippen LogP contribution in [0.3, 0.4) is 0 Å². The minimum atomic E-state index is -5.19. The van der Waals surface area contributed by atoms with Crippen molar-refractivity contribution in [3.63, 3.8) is 0 Å². The van der Waals surface area contributed by atoms with E-state index in [2.05, 4.69) is 0 Å². The van der Waals surface area contributed by atoms with Gasteiger partial charge in [-0.2, -0.15) is 39.5 Å². The molecule has 0 aromatic rings. The summed E-state index contributed by atoms with van der Waals surface area (Å²) in [7, 11) is 0. The van der Waals surface area contributed by atoms with Crippen molar-refractivity contribution in [3.8, 4) is 0 Å². The minimum absolute atomic E-state index is 0. The summed E-state index contributed by atoms with van der Waals surface area (Å²) in [5, 5.41) is 26.4. The number of hydrogen-bond donors (Lipinski definition) is 0. The molecule has 16 heteroatoms. The SMILES string of the molecule is O=C([O-])C(F)(F)F.O=C([O-])C(F)(F)F.O=C([O-])C(F)(F)F.[Gd+3]. The van der Waals surface area contributed by atoms with E-state index < -0.39 is 36.4 Å². The van der Waals surface area contributed by atoms with Crippen molar-refractivity contribution in [1.29, 1.82) is 0 Å². The van der Waals surface area contributed by atoms with Crippen LogP contribution in [0, 0.1) is 39.9 Å². The van der Waals surface area contributed by atoms with E-state index in [1.165, 1.54) is 0 Å². The molecule has 0 unspecified atom stereocenters. The molecule has 6 nitrogen and oxygen atoms in total. The topological polar surface area (TPSA) is 120 Å². The van der Waals surface area contributed by atoms with Crippen LogP contribution in [0.1, 0.15) is 0 Å². The number of carbonyl (C=O) groups is 3. The molecule has 0 bridgehead atoms. The molecule has 0 aliphatic carbocycles. The molecule has 0 aliphatic heterocycles. The van der Waals surface area contributed by atoms with Crippen molar-refractivity contribution >= 4 is 17.9 Å². The quantitative estimate of drug-likeness (QED) is 0.355. The molecular weight excluding hydrogens is 496 g/mol. The van der Waals surface area contributed by atoms with Crippen molar-refractivity contribution in [1.82, 2.24) is 0 Å². The van der Waals surface area contributed by atoms with Gasteiger partial charge in [0.1, 0.15) is 17.9 Å². The van der Waals surface area contributed by atoms with Crippen LogP contribution in [0.15, 0.2) is 0 Å². The van der Waals surface area contributed by atoms with Crippen LogP contribution in [0.2, 0.25) is 0 Å². The van der Waals surface area contributed by atoms with E-state index in [4.69, 9.17) is 29.7 Å². The maximum atomic E-state index is 10.5. The number of aliphatic carboxylic acids is 3. The number of carboxylic acid groups (broad SMARTS) is 3. The van der Waals surface area contributed by atoms with Crippen LogP contribution in [0.25, 0.3) is 0 Å². The van der Waals surface area contributed by atoms with Gasteiger partial charge in [0.05, 0.1) is 0 Å². The molecule has 0 atom stereocenters. The van der Waals surface area contributed by atoms with Crippen molar-refractivity contribution in [2.24, 2.45) is 0 Å². The normalized spacial score (nSPS) is 10.8. The first-order chi connectivity index (χ1) is 8.83. The van der Waals surface area contributed by atoms with Gasteiger partial charge >= 0.3 is 58.5 Å². The fraction of sp³-hybridized carbons (Fsp3) is 0.500. The summed E-state index contributed by atoms with van der Waals surface area (Å²) in [5.41, 5.74) is 0. The van der Waals surface area contributed by atoms with Crippen molar-refractivity contribution in [3.05, 3.63) is 0 Å². The Morgan fingerprint density at radius 1 is 0.500 bits per heavy atom. The molecular formula is C6F9GdO6. The molecule has 0 amide bonds. The zero-order valence-corrected chi connectivity index (χ0v) is 11.5. The summed E-state index contributed by atoms with van der Waals surface area (Å²) < 4.78 is 94.6. The number of rotatable bonds is 0. The number of hydrogen-bond acceptors (Lipinski definition) is 6. The third kappa shape index (κ3) is 21.4. The van der Waals surface area contributed by atoms with Gasteiger partial charge in [-0.3, -0.25) is 0 Å². The van der Waals surface area contributed by atoms with E-state index in [1.54, 1.807) is 0 Å². The Kier molecular flexibility index (Phi) is 14.3. The second kappa shape index (κ2) is 10.8. The molecule has 0 saturated carbocycles. The predicted molar refractivity (Wildman–Crippen MR) is 33.2 cm³/mol. The number of alkyl halides is 9. The summed E-state index contributed by atoms with van der Waals surface area (Å²) in [6.45, 7) is 0. The van der Waals surface area contributed by atoms with E-state index in [0.717, 1.165) is 0 Å². The van der Waals surface area contributed by atoms with Gasteiger partial charge in [-0.1, -0.05) is 0 Å². The van der Waals surface area contributed by atoms with Gasteiger partial charge in [-0.05, 0) is 0 Å². The molecule has 0 N–H and O–H groups in total. The Labute approximate surface area is 145 Å². The van der Waals surface area contributed by atoms with Crippen LogP contribution in [-0.2, 0) is 14.4 Å². The average molecular weight is 496 g/mol. The third-order valence-corrected chi connectivity index (χ3v) is 0.694. The van der Waals surface area contributed by atoms with Crippen LogP contribution in [-0.4, -0.2) is 36.4 Å². The van der Waals surface area contributed by atoms with E-state index in [1.807, 2.05) is 0 Å². The molecule has 0 rings (SSSR count). The van der Waals surface area contributed by atoms with Crippen molar-refractivity contribution in [2.75, 3.05) is 0 Å². The summed E-state index contributed by atoms with van der Waals surface area (Å²) in [4.78, 5) is 26.4. The van der Waals surface area contributed by atoms with Crippen molar-refractivity contribution < 1.29 is 109 Å². The van der Waals surface area contributed by atoms with Gasteiger partial charge in [0.25, 0.3) is 0 Å². The maximum Gasteiger partial charge on any atom is 3.00 e. The smallest absolute Gasteiger partial charge is 0.542 e. The molecule has 1 radical (unpaired) electrons. The van der Waals surface area contributed by atoms with E-state index in [9.17, 15) is 39.5 Å². The van der Waals surface area contributed by atoms with Crippen LogP contribution >= 0.6 is 0 Å².